The van der Waals surface area contributed by atoms with Gasteiger partial charge in [0.1, 0.15) is 0 Å². The topological polar surface area (TPSA) is 62.6 Å². The molecule has 0 saturated carbocycles. The molecule has 0 bridgehead atoms. The predicted molar refractivity (Wildman–Crippen MR) is 131 cm³/mol. The van der Waals surface area contributed by atoms with Crippen LogP contribution in [0.5, 0.6) is 0 Å². The molecule has 0 amide bonds. The minimum absolute atomic E-state index is 0.144. The lowest BCUT2D eigenvalue weighted by Crippen LogP contribution is -2.73. The van der Waals surface area contributed by atoms with Gasteiger partial charge in [-0.15, -0.1) is 10.2 Å². The van der Waals surface area contributed by atoms with Crippen LogP contribution < -0.4 is 9.80 Å². The Balaban J connectivity index is 1.14. The summed E-state index contributed by atoms with van der Waals surface area (Å²) in [6.45, 7) is 8.33. The fraction of sp³-hybridized carbons (Fsp3) is 0.480. The van der Waals surface area contributed by atoms with Gasteiger partial charge in [0, 0.05) is 61.5 Å². The highest BCUT2D eigenvalue weighted by Gasteiger charge is 2.54. The number of aromatic nitrogens is 4. The minimum Gasteiger partial charge on any atom is -0.380 e. The number of pyridine rings is 1. The second-order valence-corrected chi connectivity index (χ2v) is 10.9. The molecule has 8 nitrogen and oxygen atoms in total. The molecule has 2 aromatic heterocycles. The summed E-state index contributed by atoms with van der Waals surface area (Å²) in [4.78, 5) is 11.2. The normalized spacial score (nSPS) is 23.0. The number of nitrogens with zero attached hydrogens (tertiary/aromatic N) is 7. The van der Waals surface area contributed by atoms with Crippen molar-refractivity contribution in [3.63, 3.8) is 0 Å². The number of benzene rings is 1. The van der Waals surface area contributed by atoms with Crippen molar-refractivity contribution in [1.82, 2.24) is 24.6 Å². The fourth-order valence-corrected chi connectivity index (χ4v) is 6.25. The number of aryl methyl sites for hydroxylation is 1. The zero-order valence-corrected chi connectivity index (χ0v) is 20.4. The lowest BCUT2D eigenvalue weighted by Gasteiger charge is -2.60. The van der Waals surface area contributed by atoms with Crippen molar-refractivity contribution < 1.29 is 9.13 Å². The summed E-state index contributed by atoms with van der Waals surface area (Å²) in [6.07, 6.45) is 1.03. The molecule has 0 radical (unpaired) electrons. The van der Waals surface area contributed by atoms with Crippen LogP contribution in [-0.4, -0.2) is 70.1 Å². The molecule has 10 heteroatoms. The van der Waals surface area contributed by atoms with Crippen molar-refractivity contribution in [3.05, 3.63) is 58.3 Å². The smallest absolute Gasteiger partial charge is 0.231 e. The average Bonchev–Trinajstić information content (AvgIpc) is 3.42. The molecule has 1 aromatic carbocycles. The van der Waals surface area contributed by atoms with Gasteiger partial charge in [-0.3, -0.25) is 9.47 Å². The van der Waals surface area contributed by atoms with Crippen LogP contribution in [0.15, 0.2) is 30.3 Å². The highest BCUT2D eigenvalue weighted by molar-refractivity contribution is 6.30. The number of rotatable bonds is 3. The second-order valence-electron chi connectivity index (χ2n) is 10.4. The van der Waals surface area contributed by atoms with Crippen LogP contribution in [0.2, 0.25) is 5.02 Å². The summed E-state index contributed by atoms with van der Waals surface area (Å²) in [7, 11) is 0. The van der Waals surface area contributed by atoms with Crippen LogP contribution in [0.3, 0.4) is 0 Å². The Morgan fingerprint density at radius 2 is 1.89 bits per heavy atom. The first-order valence-electron chi connectivity index (χ1n) is 12.2. The molecule has 0 N–H and O–H groups in total. The largest absolute Gasteiger partial charge is 0.380 e. The van der Waals surface area contributed by atoms with E-state index < -0.39 is 0 Å². The van der Waals surface area contributed by atoms with Crippen molar-refractivity contribution in [2.75, 3.05) is 49.2 Å². The van der Waals surface area contributed by atoms with Gasteiger partial charge in [0.15, 0.2) is 17.5 Å². The van der Waals surface area contributed by atoms with E-state index in [0.29, 0.717) is 11.9 Å². The maximum Gasteiger partial charge on any atom is 0.231 e. The summed E-state index contributed by atoms with van der Waals surface area (Å²) >= 11 is 6.40. The molecule has 0 aliphatic carbocycles. The Morgan fingerprint density at radius 1 is 1.06 bits per heavy atom. The van der Waals surface area contributed by atoms with Crippen LogP contribution in [0.25, 0.3) is 5.69 Å². The van der Waals surface area contributed by atoms with E-state index in [1.165, 1.54) is 11.6 Å². The zero-order chi connectivity index (χ0) is 23.7. The lowest BCUT2D eigenvalue weighted by molar-refractivity contribution is 0.133. The first-order valence-corrected chi connectivity index (χ1v) is 12.5. The number of halogens is 2. The Morgan fingerprint density at radius 3 is 2.69 bits per heavy atom. The third-order valence-electron chi connectivity index (χ3n) is 7.79. The van der Waals surface area contributed by atoms with Crippen molar-refractivity contribution >= 4 is 23.4 Å². The van der Waals surface area contributed by atoms with Crippen molar-refractivity contribution in [2.24, 2.45) is 5.41 Å². The summed E-state index contributed by atoms with van der Waals surface area (Å²) in [5.74, 6) is 2.02. The zero-order valence-electron chi connectivity index (χ0n) is 19.6. The molecule has 4 aliphatic heterocycles. The van der Waals surface area contributed by atoms with Gasteiger partial charge in [-0.05, 0) is 49.2 Å². The molecule has 3 fully saturated rings. The monoisotopic (exact) mass is 495 g/mol. The van der Waals surface area contributed by atoms with Crippen LogP contribution in [0.1, 0.15) is 23.5 Å². The van der Waals surface area contributed by atoms with Gasteiger partial charge in [-0.25, -0.2) is 9.37 Å². The second kappa shape index (κ2) is 7.88. The van der Waals surface area contributed by atoms with Crippen molar-refractivity contribution in [3.8, 4) is 5.69 Å². The van der Waals surface area contributed by atoms with Gasteiger partial charge >= 0.3 is 0 Å². The molecular formula is C25H27ClFN7O. The number of fused-ring (bicyclic) bond motifs is 3. The van der Waals surface area contributed by atoms with E-state index in [1.54, 1.807) is 6.07 Å². The molecule has 3 aromatic rings. The molecule has 0 unspecified atom stereocenters. The predicted octanol–water partition coefficient (Wildman–Crippen LogP) is 3.19. The van der Waals surface area contributed by atoms with E-state index in [2.05, 4.69) is 41.7 Å². The molecule has 6 heterocycles. The highest BCUT2D eigenvalue weighted by atomic mass is 35.5. The van der Waals surface area contributed by atoms with E-state index >= 15 is 0 Å². The standard InChI is InChI=1S/C25H27ClFN7O/c1-16-2-4-20(27)23(28-16)32-12-25(13-32)14-33(15-25)24-30-29-22-10-31(19-6-7-35-11-19)9-17-8-18(26)3-5-21(17)34(22)24/h2-5,8,19H,6-7,9-15H2,1H3/t19-/m0/s1. The van der Waals surface area contributed by atoms with Crippen LogP contribution in [-0.2, 0) is 17.8 Å². The Bertz CT molecular complexity index is 1290. The van der Waals surface area contributed by atoms with Crippen LogP contribution in [0, 0.1) is 18.2 Å². The SMILES string of the molecule is Cc1ccc(F)c(N2CC3(C2)CN(c2nnc4n2-c2ccc(Cl)cc2CN([C@H]2CCOC2)C4)C3)n1. The summed E-state index contributed by atoms with van der Waals surface area (Å²) < 4.78 is 22.2. The highest BCUT2D eigenvalue weighted by Crippen LogP contribution is 2.44. The number of hydrogen-bond donors (Lipinski definition) is 0. The molecule has 1 spiro atoms. The number of ether oxygens (including phenoxy) is 1. The van der Waals surface area contributed by atoms with Gasteiger partial charge in [0.25, 0.3) is 0 Å². The maximum absolute atomic E-state index is 14.3. The van der Waals surface area contributed by atoms with Gasteiger partial charge in [0.2, 0.25) is 5.95 Å². The third-order valence-corrected chi connectivity index (χ3v) is 8.02. The molecule has 1 atom stereocenters. The lowest BCUT2D eigenvalue weighted by atomic mass is 9.73. The molecule has 4 aliphatic rings. The minimum atomic E-state index is -0.253. The van der Waals surface area contributed by atoms with Crippen molar-refractivity contribution in [2.45, 2.75) is 32.5 Å². The van der Waals surface area contributed by atoms with E-state index in [4.69, 9.17) is 16.3 Å². The molecule has 35 heavy (non-hydrogen) atoms. The van der Waals surface area contributed by atoms with Gasteiger partial charge in [0.05, 0.1) is 18.8 Å². The quantitative estimate of drug-likeness (QED) is 0.553. The van der Waals surface area contributed by atoms with E-state index in [9.17, 15) is 4.39 Å². The maximum atomic E-state index is 14.3. The van der Waals surface area contributed by atoms with E-state index in [0.717, 1.165) is 87.1 Å². The van der Waals surface area contributed by atoms with Crippen LogP contribution in [0.4, 0.5) is 16.2 Å². The summed E-state index contributed by atoms with van der Waals surface area (Å²) in [6, 6.07) is 9.66. The summed E-state index contributed by atoms with van der Waals surface area (Å²) in [5, 5.41) is 9.99. The fourth-order valence-electron chi connectivity index (χ4n) is 6.05. The number of hydrogen-bond acceptors (Lipinski definition) is 7. The average molecular weight is 496 g/mol. The van der Waals surface area contributed by atoms with Crippen LogP contribution >= 0.6 is 11.6 Å². The Labute approximate surface area is 208 Å². The molecule has 7 rings (SSSR count). The first-order chi connectivity index (χ1) is 17.0. The van der Waals surface area contributed by atoms with Gasteiger partial charge in [-0.2, -0.15) is 0 Å². The number of anilines is 2. The first kappa shape index (κ1) is 21.5. The Kier molecular flexibility index (Phi) is 4.84. The summed E-state index contributed by atoms with van der Waals surface area (Å²) in [5.41, 5.74) is 3.24. The van der Waals surface area contributed by atoms with Gasteiger partial charge < -0.3 is 14.5 Å². The molecule has 182 valence electrons. The Hall–Kier alpha value is -2.75. The third kappa shape index (κ3) is 3.51. The van der Waals surface area contributed by atoms with E-state index in [-0.39, 0.29) is 11.2 Å². The van der Waals surface area contributed by atoms with Gasteiger partial charge in [-0.1, -0.05) is 11.6 Å². The van der Waals surface area contributed by atoms with Crippen molar-refractivity contribution in [1.29, 1.82) is 0 Å². The molecular weight excluding hydrogens is 469 g/mol. The molecule has 3 saturated heterocycles. The van der Waals surface area contributed by atoms with E-state index in [1.807, 2.05) is 17.9 Å².